The van der Waals surface area contributed by atoms with Crippen molar-refractivity contribution < 1.29 is 14.7 Å². The maximum absolute atomic E-state index is 12.5. The van der Waals surface area contributed by atoms with Crippen LogP contribution in [0.25, 0.3) is 0 Å². The molecule has 0 aliphatic carbocycles. The number of carbonyl (C=O) groups excluding carboxylic acids is 1. The molecule has 0 aromatic heterocycles. The van der Waals surface area contributed by atoms with Crippen LogP contribution in [0.5, 0.6) is 0 Å². The van der Waals surface area contributed by atoms with E-state index >= 15 is 0 Å². The summed E-state index contributed by atoms with van der Waals surface area (Å²) in [6.07, 6.45) is 4.11. The minimum Gasteiger partial charge on any atom is -0.481 e. The van der Waals surface area contributed by atoms with Gasteiger partial charge >= 0.3 is 5.97 Å². The third kappa shape index (κ3) is 3.87. The number of aryl methyl sites for hydroxylation is 1. The van der Waals surface area contributed by atoms with Crippen LogP contribution in [0, 0.1) is 6.92 Å². The van der Waals surface area contributed by atoms with Crippen LogP contribution in [0.4, 0.5) is 0 Å². The molecule has 1 aliphatic rings. The second kappa shape index (κ2) is 7.43. The molecule has 1 atom stereocenters. The van der Waals surface area contributed by atoms with E-state index in [-0.39, 0.29) is 18.2 Å². The quantitative estimate of drug-likeness (QED) is 0.873. The lowest BCUT2D eigenvalue weighted by atomic mass is 9.89. The van der Waals surface area contributed by atoms with Gasteiger partial charge in [-0.25, -0.2) is 0 Å². The molecule has 1 unspecified atom stereocenters. The molecule has 1 heterocycles. The van der Waals surface area contributed by atoms with Crippen LogP contribution < -0.4 is 0 Å². The fraction of sp³-hybridized carbons (Fsp3) is 0.556. The molecule has 4 heteroatoms. The average molecular weight is 303 g/mol. The Morgan fingerprint density at radius 3 is 2.50 bits per heavy atom. The van der Waals surface area contributed by atoms with E-state index in [1.165, 1.54) is 0 Å². The van der Waals surface area contributed by atoms with Gasteiger partial charge < -0.3 is 10.0 Å². The number of nitrogens with zero attached hydrogens (tertiary/aromatic N) is 1. The Balaban J connectivity index is 2.20. The Hall–Kier alpha value is -1.84. The van der Waals surface area contributed by atoms with Crippen molar-refractivity contribution in [3.05, 3.63) is 34.9 Å². The molecule has 0 bridgehead atoms. The maximum Gasteiger partial charge on any atom is 0.303 e. The highest BCUT2D eigenvalue weighted by molar-refractivity contribution is 5.95. The van der Waals surface area contributed by atoms with Gasteiger partial charge in [0.1, 0.15) is 0 Å². The number of hydrogen-bond acceptors (Lipinski definition) is 2. The molecule has 1 N–H and O–H groups in total. The van der Waals surface area contributed by atoms with Crippen LogP contribution in [0.1, 0.15) is 66.4 Å². The summed E-state index contributed by atoms with van der Waals surface area (Å²) in [5.74, 6) is -0.641. The number of carboxylic acid groups (broad SMARTS) is 1. The smallest absolute Gasteiger partial charge is 0.303 e. The van der Waals surface area contributed by atoms with Gasteiger partial charge in [-0.2, -0.15) is 0 Å². The second-order valence-corrected chi connectivity index (χ2v) is 6.16. The van der Waals surface area contributed by atoms with E-state index in [2.05, 4.69) is 6.92 Å². The summed E-state index contributed by atoms with van der Waals surface area (Å²) in [7, 11) is 0. The fourth-order valence-corrected chi connectivity index (χ4v) is 3.22. The molecule has 0 saturated carbocycles. The predicted molar refractivity (Wildman–Crippen MR) is 86.2 cm³/mol. The van der Waals surface area contributed by atoms with Crippen molar-refractivity contribution in [2.45, 2.75) is 51.9 Å². The lowest BCUT2D eigenvalue weighted by Gasteiger charge is -2.19. The maximum atomic E-state index is 12.5. The van der Waals surface area contributed by atoms with Crippen LogP contribution in [-0.2, 0) is 4.79 Å². The summed E-state index contributed by atoms with van der Waals surface area (Å²) >= 11 is 0. The van der Waals surface area contributed by atoms with Gasteiger partial charge in [0.2, 0.25) is 0 Å². The van der Waals surface area contributed by atoms with Crippen molar-refractivity contribution in [1.29, 1.82) is 0 Å². The Kier molecular flexibility index (Phi) is 5.58. The highest BCUT2D eigenvalue weighted by Crippen LogP contribution is 2.27. The number of hydrogen-bond donors (Lipinski definition) is 1. The third-order valence-corrected chi connectivity index (χ3v) is 4.40. The van der Waals surface area contributed by atoms with E-state index in [0.29, 0.717) is 0 Å². The first-order valence-corrected chi connectivity index (χ1v) is 8.14. The zero-order valence-electron chi connectivity index (χ0n) is 13.5. The first-order valence-electron chi connectivity index (χ1n) is 8.14. The van der Waals surface area contributed by atoms with E-state index in [1.807, 2.05) is 30.0 Å². The molecular formula is C18H25NO3. The van der Waals surface area contributed by atoms with Crippen LogP contribution in [0.2, 0.25) is 0 Å². The standard InChI is InChI=1S/C18H25NO3/c1-3-6-14(12-17(20)21)15-7-8-16(13(2)11-15)18(22)19-9-4-5-10-19/h7-8,11,14H,3-6,9-10,12H2,1-2H3,(H,20,21). The Morgan fingerprint density at radius 2 is 1.95 bits per heavy atom. The van der Waals surface area contributed by atoms with Crippen LogP contribution >= 0.6 is 0 Å². The molecule has 0 spiro atoms. The monoisotopic (exact) mass is 303 g/mol. The zero-order valence-corrected chi connectivity index (χ0v) is 13.5. The normalized spacial score (nSPS) is 15.8. The van der Waals surface area contributed by atoms with Crippen molar-refractivity contribution >= 4 is 11.9 Å². The molecule has 1 aromatic rings. The first-order chi connectivity index (χ1) is 10.5. The molecular weight excluding hydrogens is 278 g/mol. The number of carbonyl (C=O) groups is 2. The lowest BCUT2D eigenvalue weighted by Crippen LogP contribution is -2.28. The van der Waals surface area contributed by atoms with E-state index < -0.39 is 5.97 Å². The van der Waals surface area contributed by atoms with Crippen molar-refractivity contribution in [3.8, 4) is 0 Å². The van der Waals surface area contributed by atoms with Crippen LogP contribution in [0.3, 0.4) is 0 Å². The summed E-state index contributed by atoms with van der Waals surface area (Å²) in [5.41, 5.74) is 2.72. The zero-order chi connectivity index (χ0) is 16.1. The second-order valence-electron chi connectivity index (χ2n) is 6.16. The van der Waals surface area contributed by atoms with E-state index in [1.54, 1.807) is 0 Å². The van der Waals surface area contributed by atoms with Gasteiger partial charge in [0.15, 0.2) is 0 Å². The van der Waals surface area contributed by atoms with E-state index in [0.717, 1.165) is 55.5 Å². The van der Waals surface area contributed by atoms with Gasteiger partial charge in [-0.05, 0) is 49.3 Å². The SMILES string of the molecule is CCCC(CC(=O)O)c1ccc(C(=O)N2CCCC2)c(C)c1. The third-order valence-electron chi connectivity index (χ3n) is 4.40. The Labute approximate surface area is 132 Å². The molecule has 0 radical (unpaired) electrons. The lowest BCUT2D eigenvalue weighted by molar-refractivity contribution is -0.137. The molecule has 2 rings (SSSR count). The highest BCUT2D eigenvalue weighted by Gasteiger charge is 2.22. The molecule has 1 aromatic carbocycles. The number of aliphatic carboxylic acids is 1. The summed E-state index contributed by atoms with van der Waals surface area (Å²) in [5, 5.41) is 9.07. The van der Waals surface area contributed by atoms with E-state index in [4.69, 9.17) is 5.11 Å². The highest BCUT2D eigenvalue weighted by atomic mass is 16.4. The molecule has 1 saturated heterocycles. The molecule has 22 heavy (non-hydrogen) atoms. The van der Waals surface area contributed by atoms with Crippen molar-refractivity contribution in [2.75, 3.05) is 13.1 Å². The molecule has 1 amide bonds. The number of likely N-dealkylation sites (tertiary alicyclic amines) is 1. The van der Waals surface area contributed by atoms with Gasteiger partial charge in [0.05, 0.1) is 6.42 Å². The van der Waals surface area contributed by atoms with Gasteiger partial charge in [-0.1, -0.05) is 25.5 Å². The van der Waals surface area contributed by atoms with Gasteiger partial charge in [0, 0.05) is 18.7 Å². The number of benzene rings is 1. The van der Waals surface area contributed by atoms with Gasteiger partial charge in [0.25, 0.3) is 5.91 Å². The Bertz CT molecular complexity index is 547. The summed E-state index contributed by atoms with van der Waals surface area (Å²) < 4.78 is 0. The Morgan fingerprint density at radius 1 is 1.27 bits per heavy atom. The van der Waals surface area contributed by atoms with Crippen molar-refractivity contribution in [2.24, 2.45) is 0 Å². The number of carboxylic acids is 1. The van der Waals surface area contributed by atoms with Crippen LogP contribution in [-0.4, -0.2) is 35.0 Å². The van der Waals surface area contributed by atoms with Crippen LogP contribution in [0.15, 0.2) is 18.2 Å². The fourth-order valence-electron chi connectivity index (χ4n) is 3.22. The molecule has 1 fully saturated rings. The average Bonchev–Trinajstić information content (AvgIpc) is 3.00. The largest absolute Gasteiger partial charge is 0.481 e. The molecule has 120 valence electrons. The topological polar surface area (TPSA) is 57.6 Å². The number of amides is 1. The summed E-state index contributed by atoms with van der Waals surface area (Å²) in [6.45, 7) is 5.69. The first kappa shape index (κ1) is 16.5. The predicted octanol–water partition coefficient (Wildman–Crippen LogP) is 3.59. The summed E-state index contributed by atoms with van der Waals surface area (Å²) in [6, 6.07) is 5.79. The summed E-state index contributed by atoms with van der Waals surface area (Å²) in [4.78, 5) is 25.4. The van der Waals surface area contributed by atoms with Crippen molar-refractivity contribution in [1.82, 2.24) is 4.90 Å². The van der Waals surface area contributed by atoms with E-state index in [9.17, 15) is 9.59 Å². The van der Waals surface area contributed by atoms with Crippen molar-refractivity contribution in [3.63, 3.8) is 0 Å². The van der Waals surface area contributed by atoms with Gasteiger partial charge in [-0.3, -0.25) is 9.59 Å². The van der Waals surface area contributed by atoms with Gasteiger partial charge in [-0.15, -0.1) is 0 Å². The molecule has 4 nitrogen and oxygen atoms in total. The minimum atomic E-state index is -0.770. The minimum absolute atomic E-state index is 0.0251. The number of rotatable bonds is 6. The molecule has 1 aliphatic heterocycles.